The molecule has 0 aromatic carbocycles. The van der Waals surface area contributed by atoms with Crippen LogP contribution in [0.25, 0.3) is 10.7 Å². The van der Waals surface area contributed by atoms with Gasteiger partial charge in [0, 0.05) is 44.0 Å². The standard InChI is InChI=1S/C25H30N8O2S/c1-32(10-11-34)23-19(13-26)20(27)12-22(31-23)24(35)29-14-17-5-8-33(9-6-17)16-18-15-30-25(36-18)21-4-2-3-7-28-21/h2-4,7,12,15,17,34H,5-6,8-11,14,16H2,1H3,(H2,27,31)(H,29,35). The van der Waals surface area contributed by atoms with Crippen LogP contribution in [0.2, 0.25) is 0 Å². The Balaban J connectivity index is 1.28. The normalized spacial score (nSPS) is 14.4. The van der Waals surface area contributed by atoms with Crippen LogP contribution < -0.4 is 16.0 Å². The highest BCUT2D eigenvalue weighted by molar-refractivity contribution is 7.14. The zero-order valence-electron chi connectivity index (χ0n) is 20.2. The van der Waals surface area contributed by atoms with Gasteiger partial charge in [-0.3, -0.25) is 14.7 Å². The number of nitrogens with one attached hydrogen (secondary N) is 1. The highest BCUT2D eigenvalue weighted by Gasteiger charge is 2.22. The van der Waals surface area contributed by atoms with Crippen LogP contribution in [0, 0.1) is 17.2 Å². The van der Waals surface area contributed by atoms with E-state index < -0.39 is 0 Å². The molecule has 4 heterocycles. The molecular formula is C25H30N8O2S. The second-order valence-electron chi connectivity index (χ2n) is 8.83. The number of carbonyl (C=O) groups excluding carboxylic acids is 1. The maximum atomic E-state index is 12.8. The molecular weight excluding hydrogens is 476 g/mol. The molecule has 4 N–H and O–H groups in total. The molecule has 1 saturated heterocycles. The third-order valence-electron chi connectivity index (χ3n) is 6.25. The minimum atomic E-state index is -0.320. The van der Waals surface area contributed by atoms with Crippen molar-refractivity contribution in [2.75, 3.05) is 50.5 Å². The van der Waals surface area contributed by atoms with Crippen LogP contribution in [0.1, 0.15) is 33.8 Å². The van der Waals surface area contributed by atoms with Crippen LogP contribution in [0.3, 0.4) is 0 Å². The van der Waals surface area contributed by atoms with Gasteiger partial charge in [0.15, 0.2) is 0 Å². The first kappa shape index (κ1) is 25.5. The molecule has 3 aromatic heterocycles. The Morgan fingerprint density at radius 2 is 2.17 bits per heavy atom. The molecule has 10 nitrogen and oxygen atoms in total. The Morgan fingerprint density at radius 3 is 2.86 bits per heavy atom. The van der Waals surface area contributed by atoms with E-state index in [-0.39, 0.29) is 36.0 Å². The first-order valence-electron chi connectivity index (χ1n) is 11.9. The summed E-state index contributed by atoms with van der Waals surface area (Å²) in [5.41, 5.74) is 7.47. The maximum absolute atomic E-state index is 12.8. The number of nitriles is 1. The third-order valence-corrected chi connectivity index (χ3v) is 7.25. The molecule has 1 aliphatic rings. The first-order valence-corrected chi connectivity index (χ1v) is 12.7. The molecule has 0 spiro atoms. The molecule has 0 aliphatic carbocycles. The lowest BCUT2D eigenvalue weighted by Crippen LogP contribution is -2.38. The monoisotopic (exact) mass is 506 g/mol. The van der Waals surface area contributed by atoms with E-state index >= 15 is 0 Å². The van der Waals surface area contributed by atoms with Gasteiger partial charge in [-0.1, -0.05) is 6.07 Å². The van der Waals surface area contributed by atoms with Crippen molar-refractivity contribution in [1.29, 1.82) is 5.26 Å². The van der Waals surface area contributed by atoms with Crippen LogP contribution >= 0.6 is 11.3 Å². The van der Waals surface area contributed by atoms with Crippen molar-refractivity contribution in [3.63, 3.8) is 0 Å². The van der Waals surface area contributed by atoms with Crippen LogP contribution in [0.5, 0.6) is 0 Å². The van der Waals surface area contributed by atoms with E-state index in [1.807, 2.05) is 30.5 Å². The quantitative estimate of drug-likeness (QED) is 0.397. The van der Waals surface area contributed by atoms with Crippen molar-refractivity contribution in [2.24, 2.45) is 5.92 Å². The van der Waals surface area contributed by atoms with Gasteiger partial charge >= 0.3 is 0 Å². The van der Waals surface area contributed by atoms with Crippen LogP contribution in [0.15, 0.2) is 36.7 Å². The van der Waals surface area contributed by atoms with Crippen molar-refractivity contribution >= 4 is 28.7 Å². The largest absolute Gasteiger partial charge is 0.397 e. The van der Waals surface area contributed by atoms with E-state index in [2.05, 4.69) is 25.2 Å². The molecule has 36 heavy (non-hydrogen) atoms. The summed E-state index contributed by atoms with van der Waals surface area (Å²) >= 11 is 1.68. The lowest BCUT2D eigenvalue weighted by atomic mass is 9.96. The molecule has 0 unspecified atom stereocenters. The average Bonchev–Trinajstić information content (AvgIpc) is 3.36. The summed E-state index contributed by atoms with van der Waals surface area (Å²) in [6.45, 7) is 3.50. The highest BCUT2D eigenvalue weighted by atomic mass is 32.1. The lowest BCUT2D eigenvalue weighted by molar-refractivity contribution is 0.0930. The van der Waals surface area contributed by atoms with E-state index in [0.717, 1.165) is 43.2 Å². The lowest BCUT2D eigenvalue weighted by Gasteiger charge is -2.31. The summed E-state index contributed by atoms with van der Waals surface area (Å²) in [5.74, 6) is 0.348. The maximum Gasteiger partial charge on any atom is 0.270 e. The van der Waals surface area contributed by atoms with Crippen LogP contribution in [0.4, 0.5) is 11.5 Å². The zero-order chi connectivity index (χ0) is 25.5. The number of nitrogens with zero attached hydrogens (tertiary/aromatic N) is 6. The fraction of sp³-hybridized carbons (Fsp3) is 0.400. The second-order valence-corrected chi connectivity index (χ2v) is 9.94. The number of hydrogen-bond donors (Lipinski definition) is 3. The molecule has 0 bridgehead atoms. The topological polar surface area (TPSA) is 144 Å². The molecule has 0 saturated carbocycles. The van der Waals surface area contributed by atoms with Gasteiger partial charge in [-0.25, -0.2) is 9.97 Å². The smallest absolute Gasteiger partial charge is 0.270 e. The molecule has 188 valence electrons. The number of aliphatic hydroxyl groups excluding tert-OH is 1. The van der Waals surface area contributed by atoms with E-state index in [9.17, 15) is 15.2 Å². The number of pyridine rings is 2. The van der Waals surface area contributed by atoms with Gasteiger partial charge in [0.25, 0.3) is 5.91 Å². The number of carbonyl (C=O) groups is 1. The Labute approximate surface area is 214 Å². The molecule has 1 aliphatic heterocycles. The number of rotatable bonds is 9. The highest BCUT2D eigenvalue weighted by Crippen LogP contribution is 2.26. The second kappa shape index (κ2) is 11.9. The number of anilines is 2. The predicted octanol–water partition coefficient (Wildman–Crippen LogP) is 2.12. The number of piperidine rings is 1. The number of aliphatic hydroxyl groups is 1. The summed E-state index contributed by atoms with van der Waals surface area (Å²) < 4.78 is 0. The van der Waals surface area contributed by atoms with Gasteiger partial charge in [0.05, 0.1) is 18.0 Å². The molecule has 3 aromatic rings. The number of thiazole rings is 1. The Hall–Kier alpha value is -3.59. The summed E-state index contributed by atoms with van der Waals surface area (Å²) in [5, 5.41) is 22.5. The molecule has 4 rings (SSSR count). The minimum Gasteiger partial charge on any atom is -0.397 e. The van der Waals surface area contributed by atoms with Crippen LogP contribution in [-0.2, 0) is 6.54 Å². The van der Waals surface area contributed by atoms with Gasteiger partial charge in [-0.05, 0) is 50.0 Å². The molecule has 1 fully saturated rings. The minimum absolute atomic E-state index is 0.105. The van der Waals surface area contributed by atoms with Gasteiger partial charge in [-0.2, -0.15) is 5.26 Å². The number of hydrogen-bond acceptors (Lipinski definition) is 10. The van der Waals surface area contributed by atoms with Gasteiger partial charge < -0.3 is 21.1 Å². The van der Waals surface area contributed by atoms with Crippen molar-refractivity contribution in [2.45, 2.75) is 19.4 Å². The van der Waals surface area contributed by atoms with Gasteiger partial charge in [0.2, 0.25) is 0 Å². The number of nitrogens with two attached hydrogens (primary N) is 1. The number of nitrogen functional groups attached to an aromatic ring is 1. The van der Waals surface area contributed by atoms with Gasteiger partial charge in [0.1, 0.15) is 28.2 Å². The third kappa shape index (κ3) is 6.15. The fourth-order valence-corrected chi connectivity index (χ4v) is 5.13. The average molecular weight is 507 g/mol. The SMILES string of the molecule is CN(CCO)c1nc(C(=O)NCC2CCN(Cc3cnc(-c4ccccn4)s3)CC2)cc(N)c1C#N. The van der Waals surface area contributed by atoms with Crippen LogP contribution in [-0.4, -0.2) is 70.7 Å². The predicted molar refractivity (Wildman–Crippen MR) is 139 cm³/mol. The fourth-order valence-electron chi connectivity index (χ4n) is 4.20. The number of likely N-dealkylation sites (N-methyl/N-ethyl adjacent to an activating group) is 1. The van der Waals surface area contributed by atoms with E-state index in [4.69, 9.17) is 5.73 Å². The number of amides is 1. The molecule has 11 heteroatoms. The van der Waals surface area contributed by atoms with Crippen molar-refractivity contribution in [3.05, 3.63) is 52.8 Å². The number of likely N-dealkylation sites (tertiary alicyclic amines) is 1. The van der Waals surface area contributed by atoms with Gasteiger partial charge in [-0.15, -0.1) is 11.3 Å². The summed E-state index contributed by atoms with van der Waals surface area (Å²) in [4.78, 5) is 31.3. The molecule has 0 atom stereocenters. The van der Waals surface area contributed by atoms with Crippen molar-refractivity contribution in [1.82, 2.24) is 25.2 Å². The number of aromatic nitrogens is 3. The van der Waals surface area contributed by atoms with E-state index in [1.165, 1.54) is 10.9 Å². The molecule has 1 amide bonds. The Morgan fingerprint density at radius 1 is 1.36 bits per heavy atom. The Bertz CT molecular complexity index is 1220. The van der Waals surface area contributed by atoms with Crippen molar-refractivity contribution in [3.8, 4) is 16.8 Å². The summed E-state index contributed by atoms with van der Waals surface area (Å²) in [6, 6.07) is 9.30. The zero-order valence-corrected chi connectivity index (χ0v) is 21.0. The van der Waals surface area contributed by atoms with E-state index in [1.54, 1.807) is 29.5 Å². The first-order chi connectivity index (χ1) is 17.5. The summed E-state index contributed by atoms with van der Waals surface area (Å²) in [7, 11) is 1.69. The Kier molecular flexibility index (Phi) is 8.43. The molecule has 0 radical (unpaired) electrons. The summed E-state index contributed by atoms with van der Waals surface area (Å²) in [6.07, 6.45) is 5.68. The van der Waals surface area contributed by atoms with E-state index in [0.29, 0.717) is 18.3 Å². The van der Waals surface area contributed by atoms with Crippen molar-refractivity contribution < 1.29 is 9.90 Å².